The van der Waals surface area contributed by atoms with E-state index in [9.17, 15) is 12.8 Å². The molecule has 0 unspecified atom stereocenters. The Morgan fingerprint density at radius 3 is 2.71 bits per heavy atom. The largest absolute Gasteiger partial charge is 0.491 e. The number of hydrogen-bond donors (Lipinski definition) is 1. The third-order valence-electron chi connectivity index (χ3n) is 1.85. The summed E-state index contributed by atoms with van der Waals surface area (Å²) in [5.41, 5.74) is 0.149. The fourth-order valence-corrected chi connectivity index (χ4v) is 2.57. The van der Waals surface area contributed by atoms with Crippen molar-refractivity contribution in [2.24, 2.45) is 0 Å². The Morgan fingerprint density at radius 2 is 2.18 bits per heavy atom. The van der Waals surface area contributed by atoms with Gasteiger partial charge in [0.25, 0.3) is 0 Å². The predicted molar refractivity (Wildman–Crippen MR) is 65.7 cm³/mol. The fraction of sp³-hybridized carbons (Fsp3) is 0.400. The maximum Gasteiger partial charge on any atom is 0.233 e. The Morgan fingerprint density at radius 1 is 1.47 bits per heavy atom. The van der Waals surface area contributed by atoms with Crippen molar-refractivity contribution in [2.45, 2.75) is 6.92 Å². The van der Waals surface area contributed by atoms with Gasteiger partial charge in [0.1, 0.15) is 0 Å². The van der Waals surface area contributed by atoms with Gasteiger partial charge in [0, 0.05) is 11.9 Å². The first kappa shape index (κ1) is 14.1. The molecular weight excluding hydrogens is 269 g/mol. The lowest BCUT2D eigenvalue weighted by Crippen LogP contribution is -2.17. The smallest absolute Gasteiger partial charge is 0.233 e. The van der Waals surface area contributed by atoms with Crippen LogP contribution in [0, 0.1) is 5.82 Å². The molecule has 0 spiro atoms. The second kappa shape index (κ2) is 6.07. The van der Waals surface area contributed by atoms with Gasteiger partial charge in [0.05, 0.1) is 18.0 Å². The Kier molecular flexibility index (Phi) is 5.02. The highest BCUT2D eigenvalue weighted by Gasteiger charge is 2.11. The van der Waals surface area contributed by atoms with Crippen LogP contribution >= 0.6 is 11.6 Å². The zero-order valence-corrected chi connectivity index (χ0v) is 10.8. The first-order chi connectivity index (χ1) is 7.98. The van der Waals surface area contributed by atoms with Gasteiger partial charge < -0.3 is 4.74 Å². The van der Waals surface area contributed by atoms with Crippen molar-refractivity contribution in [3.8, 4) is 5.75 Å². The van der Waals surface area contributed by atoms with E-state index in [-0.39, 0.29) is 23.1 Å². The van der Waals surface area contributed by atoms with E-state index in [4.69, 9.17) is 16.3 Å². The van der Waals surface area contributed by atoms with Crippen LogP contribution in [-0.2, 0) is 10.0 Å². The molecule has 0 saturated carbocycles. The first-order valence-electron chi connectivity index (χ1n) is 4.97. The van der Waals surface area contributed by atoms with Gasteiger partial charge in [-0.2, -0.15) is 0 Å². The molecule has 0 aliphatic heterocycles. The summed E-state index contributed by atoms with van der Waals surface area (Å²) in [5.74, 6) is -0.760. The molecule has 0 atom stereocenters. The maximum absolute atomic E-state index is 13.4. The van der Waals surface area contributed by atoms with Gasteiger partial charge in [-0.15, -0.1) is 11.6 Å². The van der Waals surface area contributed by atoms with Gasteiger partial charge in [0.15, 0.2) is 11.6 Å². The van der Waals surface area contributed by atoms with Crippen molar-refractivity contribution in [1.82, 2.24) is 0 Å². The minimum Gasteiger partial charge on any atom is -0.491 e. The SMILES string of the molecule is CCOc1ccc(NS(=O)(=O)CCCl)cc1F. The van der Waals surface area contributed by atoms with E-state index in [0.29, 0.717) is 6.61 Å². The van der Waals surface area contributed by atoms with Crippen molar-refractivity contribution in [3.63, 3.8) is 0 Å². The van der Waals surface area contributed by atoms with Crippen LogP contribution in [0.2, 0.25) is 0 Å². The third-order valence-corrected chi connectivity index (χ3v) is 3.55. The highest BCUT2D eigenvalue weighted by atomic mass is 35.5. The van der Waals surface area contributed by atoms with Crippen molar-refractivity contribution in [1.29, 1.82) is 0 Å². The summed E-state index contributed by atoms with van der Waals surface area (Å²) in [7, 11) is -3.52. The van der Waals surface area contributed by atoms with E-state index < -0.39 is 15.8 Å². The maximum atomic E-state index is 13.4. The Bertz CT molecular complexity index is 478. The minimum atomic E-state index is -3.52. The molecule has 1 N–H and O–H groups in total. The zero-order valence-electron chi connectivity index (χ0n) is 9.24. The summed E-state index contributed by atoms with van der Waals surface area (Å²) in [6.07, 6.45) is 0. The fourth-order valence-electron chi connectivity index (χ4n) is 1.17. The molecule has 1 aromatic carbocycles. The lowest BCUT2D eigenvalue weighted by molar-refractivity contribution is 0.321. The molecule has 0 bridgehead atoms. The number of halogens is 2. The van der Waals surface area contributed by atoms with Crippen LogP contribution < -0.4 is 9.46 Å². The van der Waals surface area contributed by atoms with Crippen LogP contribution in [0.1, 0.15) is 6.92 Å². The molecule has 0 radical (unpaired) electrons. The van der Waals surface area contributed by atoms with Gasteiger partial charge in [-0.3, -0.25) is 4.72 Å². The summed E-state index contributed by atoms with van der Waals surface area (Å²) in [4.78, 5) is 0. The monoisotopic (exact) mass is 281 g/mol. The van der Waals surface area contributed by atoms with Crippen LogP contribution in [0.4, 0.5) is 10.1 Å². The van der Waals surface area contributed by atoms with E-state index in [1.165, 1.54) is 12.1 Å². The average Bonchev–Trinajstić information content (AvgIpc) is 2.21. The molecule has 0 fully saturated rings. The van der Waals surface area contributed by atoms with Gasteiger partial charge in [-0.05, 0) is 19.1 Å². The number of ether oxygens (including phenoxy) is 1. The van der Waals surface area contributed by atoms with Gasteiger partial charge >= 0.3 is 0 Å². The van der Waals surface area contributed by atoms with Crippen LogP contribution in [0.5, 0.6) is 5.75 Å². The molecule has 0 heterocycles. The van der Waals surface area contributed by atoms with E-state index in [1.54, 1.807) is 6.92 Å². The van der Waals surface area contributed by atoms with Crippen molar-refractivity contribution in [3.05, 3.63) is 24.0 Å². The van der Waals surface area contributed by atoms with Crippen LogP contribution in [0.15, 0.2) is 18.2 Å². The van der Waals surface area contributed by atoms with E-state index in [2.05, 4.69) is 4.72 Å². The van der Waals surface area contributed by atoms with Gasteiger partial charge in [-0.25, -0.2) is 12.8 Å². The normalized spacial score (nSPS) is 11.2. The highest BCUT2D eigenvalue weighted by molar-refractivity contribution is 7.92. The van der Waals surface area contributed by atoms with Crippen molar-refractivity contribution >= 4 is 27.3 Å². The second-order valence-electron chi connectivity index (χ2n) is 3.19. The Balaban J connectivity index is 2.84. The molecule has 1 rings (SSSR count). The molecule has 0 aliphatic rings. The standard InChI is InChI=1S/C10H13ClFNO3S/c1-2-16-10-4-3-8(7-9(10)12)13-17(14,15)6-5-11/h3-4,7,13H,2,5-6H2,1H3. The zero-order chi connectivity index (χ0) is 12.9. The van der Waals surface area contributed by atoms with Crippen molar-refractivity contribution < 1.29 is 17.5 Å². The molecule has 0 amide bonds. The van der Waals surface area contributed by atoms with Gasteiger partial charge in [0.2, 0.25) is 10.0 Å². The summed E-state index contributed by atoms with van der Waals surface area (Å²) in [6, 6.07) is 3.87. The number of hydrogen-bond acceptors (Lipinski definition) is 3. The number of sulfonamides is 1. The lowest BCUT2D eigenvalue weighted by Gasteiger charge is -2.09. The van der Waals surface area contributed by atoms with Gasteiger partial charge in [-0.1, -0.05) is 0 Å². The summed E-state index contributed by atoms with van der Waals surface area (Å²) in [6.45, 7) is 2.07. The van der Waals surface area contributed by atoms with E-state index in [0.717, 1.165) is 6.07 Å². The molecule has 17 heavy (non-hydrogen) atoms. The molecule has 0 saturated heterocycles. The summed E-state index contributed by atoms with van der Waals surface area (Å²) >= 11 is 5.34. The van der Waals surface area contributed by atoms with Crippen LogP contribution in [-0.4, -0.2) is 26.7 Å². The van der Waals surface area contributed by atoms with E-state index >= 15 is 0 Å². The summed E-state index contributed by atoms with van der Waals surface area (Å²) in [5, 5.41) is 0. The number of benzene rings is 1. The predicted octanol–water partition coefficient (Wildman–Crippen LogP) is 2.20. The van der Waals surface area contributed by atoms with Crippen molar-refractivity contribution in [2.75, 3.05) is 23.0 Å². The van der Waals surface area contributed by atoms with E-state index in [1.807, 2.05) is 0 Å². The number of anilines is 1. The first-order valence-corrected chi connectivity index (χ1v) is 7.16. The second-order valence-corrected chi connectivity index (χ2v) is 5.41. The Labute approximate surface area is 105 Å². The molecule has 7 heteroatoms. The molecule has 4 nitrogen and oxygen atoms in total. The molecule has 96 valence electrons. The summed E-state index contributed by atoms with van der Waals surface area (Å²) < 4.78 is 43.4. The lowest BCUT2D eigenvalue weighted by atomic mass is 10.3. The average molecular weight is 282 g/mol. The minimum absolute atomic E-state index is 0.0190. The Hall–Kier alpha value is -1.01. The van der Waals surface area contributed by atoms with Crippen LogP contribution in [0.25, 0.3) is 0 Å². The third kappa shape index (κ3) is 4.40. The number of alkyl halides is 1. The molecule has 1 aromatic rings. The topological polar surface area (TPSA) is 55.4 Å². The molecule has 0 aliphatic carbocycles. The number of nitrogens with one attached hydrogen (secondary N) is 1. The number of rotatable bonds is 6. The quantitative estimate of drug-likeness (QED) is 0.814. The molecule has 0 aromatic heterocycles. The van der Waals surface area contributed by atoms with Crippen LogP contribution in [0.3, 0.4) is 0 Å². The highest BCUT2D eigenvalue weighted by Crippen LogP contribution is 2.21. The molecular formula is C10H13ClFNO3S.